The monoisotopic (exact) mass is 429 g/mol. The molecular formula is C22H25F2N5O2. The molecule has 4 rings (SSSR count). The smallest absolute Gasteiger partial charge is 0.267 e. The Morgan fingerprint density at radius 2 is 1.90 bits per heavy atom. The van der Waals surface area contributed by atoms with Gasteiger partial charge in [-0.05, 0) is 55.9 Å². The highest BCUT2D eigenvalue weighted by molar-refractivity contribution is 6.08. The molecule has 3 heterocycles. The summed E-state index contributed by atoms with van der Waals surface area (Å²) in [5.74, 6) is -3.36. The molecule has 2 amide bonds. The van der Waals surface area contributed by atoms with E-state index in [1.165, 1.54) is 12.3 Å². The summed E-state index contributed by atoms with van der Waals surface area (Å²) in [6.45, 7) is 0.558. The lowest BCUT2D eigenvalue weighted by molar-refractivity contribution is -0.0102. The molecule has 1 saturated heterocycles. The molecule has 31 heavy (non-hydrogen) atoms. The fraction of sp³-hybridized carbons (Fsp3) is 0.455. The molecule has 0 radical (unpaired) electrons. The molecule has 0 aromatic carbocycles. The first-order valence-corrected chi connectivity index (χ1v) is 10.6. The average molecular weight is 429 g/mol. The van der Waals surface area contributed by atoms with Gasteiger partial charge >= 0.3 is 0 Å². The lowest BCUT2D eigenvalue weighted by Gasteiger charge is -2.27. The van der Waals surface area contributed by atoms with Gasteiger partial charge < -0.3 is 16.0 Å². The van der Waals surface area contributed by atoms with Crippen molar-refractivity contribution in [3.63, 3.8) is 0 Å². The molecule has 1 aliphatic carbocycles. The molecule has 9 heteroatoms. The number of aryl methyl sites for hydroxylation is 2. The first kappa shape index (κ1) is 21.1. The van der Waals surface area contributed by atoms with Gasteiger partial charge in [-0.15, -0.1) is 0 Å². The van der Waals surface area contributed by atoms with Crippen LogP contribution in [0.2, 0.25) is 0 Å². The molecule has 1 aliphatic heterocycles. The van der Waals surface area contributed by atoms with E-state index in [2.05, 4.69) is 10.3 Å². The van der Waals surface area contributed by atoms with E-state index in [1.54, 1.807) is 11.0 Å². The van der Waals surface area contributed by atoms with Crippen molar-refractivity contribution in [3.05, 3.63) is 46.9 Å². The normalized spacial score (nSPS) is 18.1. The zero-order valence-electron chi connectivity index (χ0n) is 17.2. The van der Waals surface area contributed by atoms with E-state index in [4.69, 9.17) is 10.7 Å². The van der Waals surface area contributed by atoms with E-state index in [9.17, 15) is 18.4 Å². The van der Waals surface area contributed by atoms with E-state index in [0.29, 0.717) is 30.0 Å². The summed E-state index contributed by atoms with van der Waals surface area (Å²) in [7, 11) is 0. The number of rotatable bonds is 4. The molecule has 2 aromatic heterocycles. The maximum absolute atomic E-state index is 13.9. The van der Waals surface area contributed by atoms with Crippen LogP contribution in [-0.2, 0) is 12.8 Å². The number of carbonyl (C=O) groups is 2. The molecule has 0 spiro atoms. The van der Waals surface area contributed by atoms with E-state index in [0.717, 1.165) is 36.9 Å². The Morgan fingerprint density at radius 3 is 2.71 bits per heavy atom. The van der Waals surface area contributed by atoms with Crippen molar-refractivity contribution in [1.29, 1.82) is 0 Å². The van der Waals surface area contributed by atoms with Gasteiger partial charge in [-0.1, -0.05) is 0 Å². The second-order valence-corrected chi connectivity index (χ2v) is 8.12. The number of nitrogens with two attached hydrogens (primary N) is 1. The van der Waals surface area contributed by atoms with Crippen LogP contribution in [0.15, 0.2) is 24.4 Å². The van der Waals surface area contributed by atoms with Crippen molar-refractivity contribution >= 4 is 23.3 Å². The van der Waals surface area contributed by atoms with Crippen LogP contribution in [0, 0.1) is 0 Å². The minimum atomic E-state index is -2.70. The molecule has 0 saturated carbocycles. The fourth-order valence-electron chi connectivity index (χ4n) is 4.15. The van der Waals surface area contributed by atoms with Gasteiger partial charge in [-0.2, -0.15) is 0 Å². The maximum Gasteiger partial charge on any atom is 0.267 e. The van der Waals surface area contributed by atoms with Crippen molar-refractivity contribution in [1.82, 2.24) is 9.97 Å². The third-order valence-corrected chi connectivity index (χ3v) is 5.81. The van der Waals surface area contributed by atoms with Gasteiger partial charge in [0, 0.05) is 43.5 Å². The summed E-state index contributed by atoms with van der Waals surface area (Å²) in [6.07, 6.45) is 5.00. The van der Waals surface area contributed by atoms with Gasteiger partial charge in [0.2, 0.25) is 5.92 Å². The van der Waals surface area contributed by atoms with Crippen LogP contribution in [0.4, 0.5) is 20.3 Å². The van der Waals surface area contributed by atoms with Crippen molar-refractivity contribution in [3.8, 4) is 0 Å². The van der Waals surface area contributed by atoms with Gasteiger partial charge in [0.15, 0.2) is 0 Å². The molecule has 0 bridgehead atoms. The molecule has 0 unspecified atom stereocenters. The average Bonchev–Trinajstić information content (AvgIpc) is 2.93. The number of nitrogens with one attached hydrogen (secondary N) is 1. The maximum atomic E-state index is 13.9. The Hall–Kier alpha value is -3.10. The number of pyridine rings is 2. The largest absolute Gasteiger partial charge is 0.364 e. The molecule has 3 N–H and O–H groups in total. The van der Waals surface area contributed by atoms with Crippen LogP contribution in [0.5, 0.6) is 0 Å². The zero-order valence-corrected chi connectivity index (χ0v) is 17.2. The highest BCUT2D eigenvalue weighted by Crippen LogP contribution is 2.33. The Balaban J connectivity index is 1.67. The number of carbonyl (C=O) groups excluding carboxylic acids is 2. The number of hydrogen-bond donors (Lipinski definition) is 2. The number of anilines is 2. The van der Waals surface area contributed by atoms with Crippen LogP contribution < -0.4 is 16.0 Å². The Morgan fingerprint density at radius 1 is 1.10 bits per heavy atom. The number of amides is 2. The van der Waals surface area contributed by atoms with E-state index >= 15 is 0 Å². The SMILES string of the molecule is NC(=O)c1cc(NC(=O)c2cc3c(nc2N2CCCC(F)(F)CC2)CCCC3)ccn1. The zero-order chi connectivity index (χ0) is 22.0. The Bertz CT molecular complexity index is 1010. The van der Waals surface area contributed by atoms with Gasteiger partial charge in [-0.3, -0.25) is 14.6 Å². The van der Waals surface area contributed by atoms with Crippen molar-refractivity contribution in [2.45, 2.75) is 50.9 Å². The number of primary amides is 1. The van der Waals surface area contributed by atoms with Gasteiger partial charge in [0.05, 0.1) is 5.56 Å². The standard InChI is InChI=1S/C22H25F2N5O2/c23-22(24)7-3-10-29(11-8-22)20-16(12-14-4-1-2-5-17(14)28-20)21(31)27-15-6-9-26-18(13-15)19(25)30/h6,9,12-13H,1-5,7-8,10-11H2,(H2,25,30)(H,26,27,31). The second kappa shape index (κ2) is 8.56. The number of alkyl halides is 2. The highest BCUT2D eigenvalue weighted by Gasteiger charge is 2.33. The number of halogens is 2. The summed E-state index contributed by atoms with van der Waals surface area (Å²) in [4.78, 5) is 35.0. The first-order valence-electron chi connectivity index (χ1n) is 10.6. The molecule has 7 nitrogen and oxygen atoms in total. The van der Waals surface area contributed by atoms with Crippen LogP contribution in [-0.4, -0.2) is 40.8 Å². The quantitative estimate of drug-likeness (QED) is 0.776. The first-order chi connectivity index (χ1) is 14.8. The van der Waals surface area contributed by atoms with E-state index in [-0.39, 0.29) is 25.1 Å². The summed E-state index contributed by atoms with van der Waals surface area (Å²) in [5.41, 5.74) is 7.99. The highest BCUT2D eigenvalue weighted by atomic mass is 19.3. The summed E-state index contributed by atoms with van der Waals surface area (Å²) in [6, 6.07) is 4.80. The predicted molar refractivity (Wildman–Crippen MR) is 113 cm³/mol. The van der Waals surface area contributed by atoms with Gasteiger partial charge in [-0.25, -0.2) is 13.8 Å². The van der Waals surface area contributed by atoms with Crippen LogP contribution >= 0.6 is 0 Å². The van der Waals surface area contributed by atoms with E-state index in [1.807, 2.05) is 6.07 Å². The van der Waals surface area contributed by atoms with Gasteiger partial charge in [0.1, 0.15) is 11.5 Å². The molecule has 2 aliphatic rings. The Labute approximate surface area is 179 Å². The number of fused-ring (bicyclic) bond motifs is 1. The number of nitrogens with zero attached hydrogens (tertiary/aromatic N) is 3. The minimum absolute atomic E-state index is 0.0383. The summed E-state index contributed by atoms with van der Waals surface area (Å²) >= 11 is 0. The topological polar surface area (TPSA) is 101 Å². The Kier molecular flexibility index (Phi) is 5.84. The minimum Gasteiger partial charge on any atom is -0.364 e. The molecular weight excluding hydrogens is 404 g/mol. The molecule has 0 atom stereocenters. The molecule has 1 fully saturated rings. The third kappa shape index (κ3) is 4.81. The second-order valence-electron chi connectivity index (χ2n) is 8.12. The molecule has 164 valence electrons. The lowest BCUT2D eigenvalue weighted by atomic mass is 9.94. The third-order valence-electron chi connectivity index (χ3n) is 5.81. The number of hydrogen-bond acceptors (Lipinski definition) is 5. The van der Waals surface area contributed by atoms with Crippen molar-refractivity contribution in [2.75, 3.05) is 23.3 Å². The summed E-state index contributed by atoms with van der Waals surface area (Å²) in [5, 5.41) is 2.77. The predicted octanol–water partition coefficient (Wildman–Crippen LogP) is 3.33. The van der Waals surface area contributed by atoms with Crippen molar-refractivity contribution in [2.24, 2.45) is 5.73 Å². The number of aromatic nitrogens is 2. The summed E-state index contributed by atoms with van der Waals surface area (Å²) < 4.78 is 27.8. The van der Waals surface area contributed by atoms with Crippen LogP contribution in [0.1, 0.15) is 64.2 Å². The molecule has 2 aromatic rings. The van der Waals surface area contributed by atoms with Crippen LogP contribution in [0.25, 0.3) is 0 Å². The van der Waals surface area contributed by atoms with Crippen molar-refractivity contribution < 1.29 is 18.4 Å². The van der Waals surface area contributed by atoms with Crippen LogP contribution in [0.3, 0.4) is 0 Å². The lowest BCUT2D eigenvalue weighted by Crippen LogP contribution is -2.30. The fourth-order valence-corrected chi connectivity index (χ4v) is 4.15. The van der Waals surface area contributed by atoms with E-state index < -0.39 is 17.7 Å². The van der Waals surface area contributed by atoms with Gasteiger partial charge in [0.25, 0.3) is 11.8 Å².